The van der Waals surface area contributed by atoms with Gasteiger partial charge in [-0.2, -0.15) is 0 Å². The summed E-state index contributed by atoms with van der Waals surface area (Å²) < 4.78 is 21.6. The number of benzene rings is 1. The molecule has 3 heterocycles. The number of ether oxygens (including phenoxy) is 4. The fourth-order valence-corrected chi connectivity index (χ4v) is 4.57. The summed E-state index contributed by atoms with van der Waals surface area (Å²) in [4.78, 5) is 39.8. The molecule has 3 atom stereocenters. The molecular weight excluding hydrogens is 406 g/mol. The number of rotatable bonds is 6. The van der Waals surface area contributed by atoms with Gasteiger partial charge in [-0.05, 0) is 24.1 Å². The summed E-state index contributed by atoms with van der Waals surface area (Å²) >= 11 is 0. The quantitative estimate of drug-likeness (QED) is 0.644. The molecule has 10 nitrogen and oxygen atoms in total. The van der Waals surface area contributed by atoms with Crippen molar-refractivity contribution in [2.45, 2.75) is 25.4 Å². The van der Waals surface area contributed by atoms with Crippen LogP contribution in [0.2, 0.25) is 0 Å². The van der Waals surface area contributed by atoms with E-state index in [1.807, 2.05) is 6.92 Å². The van der Waals surface area contributed by atoms with Crippen molar-refractivity contribution in [2.24, 2.45) is 5.92 Å². The monoisotopic (exact) mass is 431 g/mol. The number of urea groups is 1. The van der Waals surface area contributed by atoms with Crippen molar-refractivity contribution in [3.05, 3.63) is 29.0 Å². The van der Waals surface area contributed by atoms with Gasteiger partial charge in [0, 0.05) is 12.5 Å². The first kappa shape index (κ1) is 20.8. The maximum absolute atomic E-state index is 13.0. The van der Waals surface area contributed by atoms with Gasteiger partial charge < -0.3 is 29.2 Å². The minimum Gasteiger partial charge on any atom is -0.493 e. The van der Waals surface area contributed by atoms with E-state index in [0.717, 1.165) is 0 Å². The van der Waals surface area contributed by atoms with Crippen LogP contribution in [0.3, 0.4) is 0 Å². The maximum Gasteiger partial charge on any atom is 0.336 e. The number of cyclic esters (lactones) is 1. The lowest BCUT2D eigenvalue weighted by Crippen LogP contribution is -2.67. The molecular formula is C21H25N3O7. The van der Waals surface area contributed by atoms with Gasteiger partial charge in [-0.3, -0.25) is 10.1 Å². The number of hydrogen-bond acceptors (Lipinski definition) is 8. The highest BCUT2D eigenvalue weighted by Gasteiger charge is 2.53. The largest absolute Gasteiger partial charge is 0.493 e. The smallest absolute Gasteiger partial charge is 0.336 e. The lowest BCUT2D eigenvalue weighted by Gasteiger charge is -2.46. The Morgan fingerprint density at radius 2 is 1.77 bits per heavy atom. The molecule has 0 aliphatic carbocycles. The Labute approximate surface area is 179 Å². The Balaban J connectivity index is 1.90. The van der Waals surface area contributed by atoms with E-state index in [-0.39, 0.29) is 6.61 Å². The van der Waals surface area contributed by atoms with Crippen LogP contribution >= 0.6 is 0 Å². The number of esters is 1. The van der Waals surface area contributed by atoms with Gasteiger partial charge in [0.05, 0.1) is 38.5 Å². The number of imide groups is 1. The number of nitrogens with zero attached hydrogens (tertiary/aromatic N) is 1. The van der Waals surface area contributed by atoms with Gasteiger partial charge in [0.1, 0.15) is 12.8 Å². The Bertz CT molecular complexity index is 949. The van der Waals surface area contributed by atoms with Crippen LogP contribution in [0.15, 0.2) is 23.4 Å². The molecule has 3 aliphatic heterocycles. The average molecular weight is 431 g/mol. The van der Waals surface area contributed by atoms with Crippen LogP contribution in [-0.4, -0.2) is 63.5 Å². The van der Waals surface area contributed by atoms with Crippen molar-refractivity contribution in [1.82, 2.24) is 15.5 Å². The summed E-state index contributed by atoms with van der Waals surface area (Å²) in [5, 5.41) is 5.65. The molecule has 10 heteroatoms. The fourth-order valence-electron chi connectivity index (χ4n) is 4.57. The maximum atomic E-state index is 13.0. The third-order valence-corrected chi connectivity index (χ3v) is 5.87. The molecule has 1 fully saturated rings. The van der Waals surface area contributed by atoms with E-state index in [1.165, 1.54) is 21.3 Å². The minimum atomic E-state index is -0.753. The molecule has 3 unspecified atom stereocenters. The molecule has 166 valence electrons. The van der Waals surface area contributed by atoms with Gasteiger partial charge in [0.2, 0.25) is 11.7 Å². The SMILES string of the molecule is CCCN1C(=O)NC(=O)C2C(c3cc(OC)c(OC)c(OC)c3)C3=C(COC3=O)NC21. The van der Waals surface area contributed by atoms with Crippen LogP contribution in [0.5, 0.6) is 17.2 Å². The van der Waals surface area contributed by atoms with Crippen LogP contribution in [0.1, 0.15) is 24.8 Å². The van der Waals surface area contributed by atoms with Gasteiger partial charge in [-0.15, -0.1) is 0 Å². The van der Waals surface area contributed by atoms with Gasteiger partial charge in [0.15, 0.2) is 11.5 Å². The second-order valence-corrected chi connectivity index (χ2v) is 7.51. The van der Waals surface area contributed by atoms with E-state index in [0.29, 0.717) is 47.0 Å². The Morgan fingerprint density at radius 1 is 1.10 bits per heavy atom. The molecule has 1 aromatic carbocycles. The predicted molar refractivity (Wildman–Crippen MR) is 108 cm³/mol. The third-order valence-electron chi connectivity index (χ3n) is 5.87. The number of nitrogens with one attached hydrogen (secondary N) is 2. The van der Waals surface area contributed by atoms with Gasteiger partial charge in [0.25, 0.3) is 0 Å². The molecule has 3 amide bonds. The first-order valence-electron chi connectivity index (χ1n) is 10.0. The van der Waals surface area contributed by atoms with E-state index in [1.54, 1.807) is 17.0 Å². The number of fused-ring (bicyclic) bond motifs is 1. The molecule has 1 saturated heterocycles. The highest BCUT2D eigenvalue weighted by atomic mass is 16.5. The lowest BCUT2D eigenvalue weighted by atomic mass is 9.74. The number of methoxy groups -OCH3 is 3. The van der Waals surface area contributed by atoms with Crippen LogP contribution < -0.4 is 24.8 Å². The van der Waals surface area contributed by atoms with Gasteiger partial charge >= 0.3 is 12.0 Å². The fraction of sp³-hybridized carbons (Fsp3) is 0.476. The van der Waals surface area contributed by atoms with Gasteiger partial charge in [-0.1, -0.05) is 6.92 Å². The van der Waals surface area contributed by atoms with E-state index >= 15 is 0 Å². The van der Waals surface area contributed by atoms with Gasteiger partial charge in [-0.25, -0.2) is 9.59 Å². The zero-order chi connectivity index (χ0) is 22.3. The van der Waals surface area contributed by atoms with Crippen molar-refractivity contribution in [3.63, 3.8) is 0 Å². The van der Waals surface area contributed by atoms with Crippen LogP contribution in [0.4, 0.5) is 4.79 Å². The van der Waals surface area contributed by atoms with E-state index < -0.39 is 35.9 Å². The van der Waals surface area contributed by atoms with E-state index in [2.05, 4.69) is 10.6 Å². The van der Waals surface area contributed by atoms with Crippen molar-refractivity contribution < 1.29 is 33.3 Å². The normalized spacial score (nSPS) is 24.7. The highest BCUT2D eigenvalue weighted by molar-refractivity contribution is 6.02. The Kier molecular flexibility index (Phi) is 5.38. The second kappa shape index (κ2) is 8.01. The summed E-state index contributed by atoms with van der Waals surface area (Å²) in [5.41, 5.74) is 1.57. The number of hydrogen-bond donors (Lipinski definition) is 2. The summed E-state index contributed by atoms with van der Waals surface area (Å²) in [7, 11) is 4.49. The van der Waals surface area contributed by atoms with E-state index in [4.69, 9.17) is 18.9 Å². The summed E-state index contributed by atoms with van der Waals surface area (Å²) in [6.07, 6.45) is 0.0985. The zero-order valence-electron chi connectivity index (χ0n) is 17.8. The number of carbonyl (C=O) groups is 3. The van der Waals surface area contributed by atoms with Crippen LogP contribution in [0.25, 0.3) is 0 Å². The molecule has 4 rings (SSSR count). The molecule has 2 N–H and O–H groups in total. The topological polar surface area (TPSA) is 115 Å². The molecule has 31 heavy (non-hydrogen) atoms. The van der Waals surface area contributed by atoms with Crippen molar-refractivity contribution in [3.8, 4) is 17.2 Å². The minimum absolute atomic E-state index is 0.0636. The Hall–Kier alpha value is -3.43. The van der Waals surface area contributed by atoms with Crippen LogP contribution in [-0.2, 0) is 14.3 Å². The molecule has 0 aromatic heterocycles. The predicted octanol–water partition coefficient (Wildman–Crippen LogP) is 1.11. The molecule has 0 bridgehead atoms. The Morgan fingerprint density at radius 3 is 2.35 bits per heavy atom. The summed E-state index contributed by atoms with van der Waals surface area (Å²) in [6, 6.07) is 2.98. The zero-order valence-corrected chi connectivity index (χ0v) is 17.8. The highest BCUT2D eigenvalue weighted by Crippen LogP contribution is 2.48. The first-order chi connectivity index (χ1) is 14.9. The first-order valence-corrected chi connectivity index (χ1v) is 10.0. The van der Waals surface area contributed by atoms with Crippen molar-refractivity contribution in [1.29, 1.82) is 0 Å². The summed E-state index contributed by atoms with van der Waals surface area (Å²) in [6.45, 7) is 2.46. The molecule has 0 saturated carbocycles. The summed E-state index contributed by atoms with van der Waals surface area (Å²) in [5.74, 6) is -1.17. The molecule has 1 aromatic rings. The average Bonchev–Trinajstić information content (AvgIpc) is 3.14. The molecule has 3 aliphatic rings. The molecule has 0 spiro atoms. The van der Waals surface area contributed by atoms with E-state index in [9.17, 15) is 14.4 Å². The molecule has 0 radical (unpaired) electrons. The van der Waals surface area contributed by atoms with Crippen LogP contribution in [0, 0.1) is 5.92 Å². The van der Waals surface area contributed by atoms with Crippen molar-refractivity contribution >= 4 is 17.9 Å². The second-order valence-electron chi connectivity index (χ2n) is 7.51. The lowest BCUT2D eigenvalue weighted by molar-refractivity contribution is -0.136. The number of amides is 3. The third kappa shape index (κ3) is 3.22. The van der Waals surface area contributed by atoms with Crippen molar-refractivity contribution in [2.75, 3.05) is 34.5 Å². The standard InChI is InChI=1S/C21H25N3O7/c1-5-6-24-18-16(19(25)23-21(24)27)14(15-11(22-18)9-31-20(15)26)10-7-12(28-2)17(30-4)13(8-10)29-3/h7-8,14,16,18,22H,5-6,9H2,1-4H3,(H,23,25,27). The number of carbonyl (C=O) groups excluding carboxylic acids is 3.